The lowest BCUT2D eigenvalue weighted by Gasteiger charge is -2.18. The van der Waals surface area contributed by atoms with E-state index in [1.807, 2.05) is 5.06 Å². The number of likely N-dealkylation sites (N-methyl/N-ethyl adjacent to an activating group) is 1. The zero-order valence-electron chi connectivity index (χ0n) is 7.55. The van der Waals surface area contributed by atoms with Crippen LogP contribution >= 0.6 is 0 Å². The van der Waals surface area contributed by atoms with E-state index in [-0.39, 0.29) is 0 Å². The molecule has 1 fully saturated rings. The van der Waals surface area contributed by atoms with Gasteiger partial charge in [0.15, 0.2) is 0 Å². The molecule has 11 heavy (non-hydrogen) atoms. The van der Waals surface area contributed by atoms with E-state index in [1.165, 1.54) is 13.0 Å². The Morgan fingerprint density at radius 3 is 2.64 bits per heavy atom. The Kier molecular flexibility index (Phi) is 3.83. The molecule has 0 atom stereocenters. The molecular weight excluding hydrogens is 140 g/mol. The van der Waals surface area contributed by atoms with E-state index in [0.717, 1.165) is 26.2 Å². The van der Waals surface area contributed by atoms with Crippen molar-refractivity contribution in [2.24, 2.45) is 0 Å². The molecule has 1 aliphatic heterocycles. The highest BCUT2D eigenvalue weighted by molar-refractivity contribution is 4.63. The lowest BCUT2D eigenvalue weighted by atomic mass is 10.4. The van der Waals surface area contributed by atoms with Crippen LogP contribution in [0.15, 0.2) is 0 Å². The van der Waals surface area contributed by atoms with Crippen LogP contribution in [0.3, 0.4) is 0 Å². The fourth-order valence-electron chi connectivity index (χ4n) is 1.45. The first-order valence-electron chi connectivity index (χ1n) is 4.38. The second-order valence-corrected chi connectivity index (χ2v) is 2.90. The zero-order valence-corrected chi connectivity index (χ0v) is 7.55. The number of hydrogen-bond acceptors (Lipinski definition) is 3. The van der Waals surface area contributed by atoms with Crippen molar-refractivity contribution in [2.45, 2.75) is 13.3 Å². The molecule has 1 aliphatic rings. The van der Waals surface area contributed by atoms with Crippen molar-refractivity contribution < 1.29 is 4.84 Å². The van der Waals surface area contributed by atoms with Gasteiger partial charge >= 0.3 is 0 Å². The van der Waals surface area contributed by atoms with Crippen LogP contribution in [-0.2, 0) is 4.84 Å². The summed E-state index contributed by atoms with van der Waals surface area (Å²) in [5.74, 6) is 0. The van der Waals surface area contributed by atoms with Gasteiger partial charge in [0.1, 0.15) is 0 Å². The van der Waals surface area contributed by atoms with Gasteiger partial charge in [0.2, 0.25) is 0 Å². The Morgan fingerprint density at radius 1 is 1.18 bits per heavy atom. The maximum absolute atomic E-state index is 5.17. The number of rotatable bonds is 2. The van der Waals surface area contributed by atoms with Crippen molar-refractivity contribution in [2.75, 3.05) is 39.8 Å². The summed E-state index contributed by atoms with van der Waals surface area (Å²) < 4.78 is 0. The third kappa shape index (κ3) is 2.77. The van der Waals surface area contributed by atoms with Crippen molar-refractivity contribution in [3.8, 4) is 0 Å². The molecule has 1 rings (SSSR count). The van der Waals surface area contributed by atoms with Crippen LogP contribution in [0.1, 0.15) is 13.3 Å². The maximum atomic E-state index is 5.17. The van der Waals surface area contributed by atoms with Gasteiger partial charge < -0.3 is 9.74 Å². The normalized spacial score (nSPS) is 23.5. The predicted octanol–water partition coefficient (Wildman–Crippen LogP) is 0.575. The molecule has 66 valence electrons. The van der Waals surface area contributed by atoms with Crippen molar-refractivity contribution in [1.82, 2.24) is 9.96 Å². The molecule has 0 amide bonds. The molecule has 0 N–H and O–H groups in total. The van der Waals surface area contributed by atoms with Gasteiger partial charge in [-0.05, 0) is 19.5 Å². The van der Waals surface area contributed by atoms with Crippen molar-refractivity contribution in [3.05, 3.63) is 0 Å². The van der Waals surface area contributed by atoms with E-state index in [2.05, 4.69) is 11.8 Å². The molecule has 3 heteroatoms. The van der Waals surface area contributed by atoms with Gasteiger partial charge in [-0.1, -0.05) is 6.92 Å². The number of hydrogen-bond donors (Lipinski definition) is 0. The number of nitrogens with zero attached hydrogens (tertiary/aromatic N) is 2. The third-order valence-corrected chi connectivity index (χ3v) is 2.25. The van der Waals surface area contributed by atoms with Gasteiger partial charge in [-0.15, -0.1) is 0 Å². The molecule has 1 saturated heterocycles. The van der Waals surface area contributed by atoms with Crippen molar-refractivity contribution >= 4 is 0 Å². The average molecular weight is 158 g/mol. The molecule has 0 aromatic carbocycles. The SMILES string of the molecule is CCN1CCCN(OC)CC1. The maximum Gasteiger partial charge on any atom is 0.0575 e. The third-order valence-electron chi connectivity index (χ3n) is 2.25. The van der Waals surface area contributed by atoms with E-state index < -0.39 is 0 Å². The van der Waals surface area contributed by atoms with E-state index in [1.54, 1.807) is 7.11 Å². The van der Waals surface area contributed by atoms with Crippen LogP contribution in [0, 0.1) is 0 Å². The van der Waals surface area contributed by atoms with Crippen molar-refractivity contribution in [3.63, 3.8) is 0 Å². The van der Waals surface area contributed by atoms with Crippen molar-refractivity contribution in [1.29, 1.82) is 0 Å². The van der Waals surface area contributed by atoms with Gasteiger partial charge in [0.05, 0.1) is 7.11 Å². The second kappa shape index (κ2) is 4.70. The fourth-order valence-corrected chi connectivity index (χ4v) is 1.45. The molecule has 0 aliphatic carbocycles. The largest absolute Gasteiger partial charge is 0.302 e. The first-order valence-corrected chi connectivity index (χ1v) is 4.38. The van der Waals surface area contributed by atoms with Gasteiger partial charge in [-0.25, -0.2) is 0 Å². The summed E-state index contributed by atoms with van der Waals surface area (Å²) in [7, 11) is 1.75. The summed E-state index contributed by atoms with van der Waals surface area (Å²) in [5.41, 5.74) is 0. The molecular formula is C8H18N2O. The smallest absolute Gasteiger partial charge is 0.0575 e. The molecule has 0 saturated carbocycles. The molecule has 0 spiro atoms. The topological polar surface area (TPSA) is 15.7 Å². The second-order valence-electron chi connectivity index (χ2n) is 2.90. The van der Waals surface area contributed by atoms with Crippen LogP contribution in [0.2, 0.25) is 0 Å². The Labute approximate surface area is 68.9 Å². The van der Waals surface area contributed by atoms with Crippen LogP contribution < -0.4 is 0 Å². The summed E-state index contributed by atoms with van der Waals surface area (Å²) in [6, 6.07) is 0. The van der Waals surface area contributed by atoms with Gasteiger partial charge in [-0.3, -0.25) is 0 Å². The Morgan fingerprint density at radius 2 is 2.00 bits per heavy atom. The molecule has 3 nitrogen and oxygen atoms in total. The Bertz CT molecular complexity index is 96.3. The fraction of sp³-hybridized carbons (Fsp3) is 1.00. The first-order chi connectivity index (χ1) is 5.36. The first kappa shape index (κ1) is 8.97. The molecule has 0 aromatic heterocycles. The average Bonchev–Trinajstić information content (AvgIpc) is 2.28. The van der Waals surface area contributed by atoms with Gasteiger partial charge in [-0.2, -0.15) is 5.06 Å². The molecule has 0 unspecified atom stereocenters. The summed E-state index contributed by atoms with van der Waals surface area (Å²) in [6.07, 6.45) is 1.22. The van der Waals surface area contributed by atoms with Gasteiger partial charge in [0, 0.05) is 19.6 Å². The quantitative estimate of drug-likeness (QED) is 0.584. The Hall–Kier alpha value is -0.120. The molecule has 1 heterocycles. The highest BCUT2D eigenvalue weighted by Crippen LogP contribution is 2.01. The lowest BCUT2D eigenvalue weighted by molar-refractivity contribution is -0.127. The predicted molar refractivity (Wildman–Crippen MR) is 45.3 cm³/mol. The summed E-state index contributed by atoms with van der Waals surface area (Å²) in [4.78, 5) is 7.63. The summed E-state index contributed by atoms with van der Waals surface area (Å²) in [5, 5.41) is 2.04. The molecule has 0 radical (unpaired) electrons. The minimum atomic E-state index is 1.05. The van der Waals surface area contributed by atoms with E-state index in [0.29, 0.717) is 0 Å². The highest BCUT2D eigenvalue weighted by Gasteiger charge is 2.11. The highest BCUT2D eigenvalue weighted by atomic mass is 16.7. The lowest BCUT2D eigenvalue weighted by Crippen LogP contribution is -2.29. The van der Waals surface area contributed by atoms with Crippen LogP contribution in [0.5, 0.6) is 0 Å². The molecule has 0 aromatic rings. The molecule has 0 bridgehead atoms. The summed E-state index contributed by atoms with van der Waals surface area (Å²) in [6.45, 7) is 7.86. The minimum absolute atomic E-state index is 1.05. The Balaban J connectivity index is 2.27. The van der Waals surface area contributed by atoms with E-state index in [4.69, 9.17) is 4.84 Å². The minimum Gasteiger partial charge on any atom is -0.302 e. The monoisotopic (exact) mass is 158 g/mol. The van der Waals surface area contributed by atoms with E-state index >= 15 is 0 Å². The van der Waals surface area contributed by atoms with E-state index in [9.17, 15) is 0 Å². The summed E-state index contributed by atoms with van der Waals surface area (Å²) >= 11 is 0. The van der Waals surface area contributed by atoms with Crippen LogP contribution in [-0.4, -0.2) is 49.8 Å². The zero-order chi connectivity index (χ0) is 8.10. The van der Waals surface area contributed by atoms with Crippen LogP contribution in [0.25, 0.3) is 0 Å². The standard InChI is InChI=1S/C8H18N2O/c1-3-9-5-4-6-10(11-2)8-7-9/h3-8H2,1-2H3. The van der Waals surface area contributed by atoms with Crippen LogP contribution in [0.4, 0.5) is 0 Å². The number of hydroxylamine groups is 2. The van der Waals surface area contributed by atoms with Gasteiger partial charge in [0.25, 0.3) is 0 Å².